The molecule has 0 aliphatic heterocycles. The van der Waals surface area contributed by atoms with Crippen LogP contribution in [-0.2, 0) is 11.2 Å². The largest absolute Gasteiger partial charge is 0.308 e. The molecular weight excluding hydrogens is 454 g/mol. The molecule has 4 nitrogen and oxygen atoms in total. The standard InChI is InChI=1S/C22H27N3OS3.ClH/c1-5-28-17-11-9-16(10-12-17)15-20(26)25(14-13-24(2)3)22-23-21-18(27-4)7-6-8-19(21)29-22;/h6-12H,5,13-15H2,1-4H3;1H. The molecule has 0 saturated carbocycles. The Balaban J connectivity index is 0.00000320. The van der Waals surface area contributed by atoms with Gasteiger partial charge < -0.3 is 4.90 Å². The third kappa shape index (κ3) is 6.37. The molecule has 0 aliphatic rings. The summed E-state index contributed by atoms with van der Waals surface area (Å²) in [6.45, 7) is 3.57. The Hall–Kier alpha value is -1.25. The fourth-order valence-electron chi connectivity index (χ4n) is 2.96. The third-order valence-corrected chi connectivity index (χ3v) is 7.19. The summed E-state index contributed by atoms with van der Waals surface area (Å²) in [5, 5.41) is 0.784. The summed E-state index contributed by atoms with van der Waals surface area (Å²) in [6, 6.07) is 14.5. The second kappa shape index (κ2) is 12.0. The highest BCUT2D eigenvalue weighted by Gasteiger charge is 2.21. The molecule has 0 spiro atoms. The maximum absolute atomic E-state index is 13.2. The summed E-state index contributed by atoms with van der Waals surface area (Å²) in [6.07, 6.45) is 2.44. The van der Waals surface area contributed by atoms with Gasteiger partial charge in [-0.2, -0.15) is 0 Å². The number of fused-ring (bicyclic) bond motifs is 1. The lowest BCUT2D eigenvalue weighted by Gasteiger charge is -2.22. The molecule has 0 atom stereocenters. The van der Waals surface area contributed by atoms with Crippen LogP contribution in [0.5, 0.6) is 0 Å². The van der Waals surface area contributed by atoms with Crippen molar-refractivity contribution in [3.8, 4) is 0 Å². The molecule has 30 heavy (non-hydrogen) atoms. The van der Waals surface area contributed by atoms with Gasteiger partial charge in [0.2, 0.25) is 5.91 Å². The monoisotopic (exact) mass is 481 g/mol. The van der Waals surface area contributed by atoms with Crippen molar-refractivity contribution in [1.29, 1.82) is 0 Å². The lowest BCUT2D eigenvalue weighted by atomic mass is 10.1. The molecule has 0 bridgehead atoms. The average molecular weight is 482 g/mol. The van der Waals surface area contributed by atoms with E-state index < -0.39 is 0 Å². The number of carbonyl (C=O) groups excluding carboxylic acids is 1. The highest BCUT2D eigenvalue weighted by atomic mass is 35.5. The van der Waals surface area contributed by atoms with Crippen LogP contribution >= 0.6 is 47.3 Å². The summed E-state index contributed by atoms with van der Waals surface area (Å²) >= 11 is 5.09. The quantitative estimate of drug-likeness (QED) is 0.367. The van der Waals surface area contributed by atoms with Crippen LogP contribution in [0.1, 0.15) is 12.5 Å². The first-order chi connectivity index (χ1) is 14.0. The van der Waals surface area contributed by atoms with E-state index in [1.54, 1.807) is 23.1 Å². The molecule has 0 fully saturated rings. The minimum atomic E-state index is 0. The molecule has 1 heterocycles. The molecule has 0 saturated heterocycles. The van der Waals surface area contributed by atoms with E-state index in [0.29, 0.717) is 13.0 Å². The highest BCUT2D eigenvalue weighted by molar-refractivity contribution is 7.99. The molecule has 1 amide bonds. The number of halogens is 1. The summed E-state index contributed by atoms with van der Waals surface area (Å²) in [4.78, 5) is 24.4. The number of rotatable bonds is 9. The fraction of sp³-hybridized carbons (Fsp3) is 0.364. The van der Waals surface area contributed by atoms with Crippen LogP contribution < -0.4 is 4.90 Å². The highest BCUT2D eigenvalue weighted by Crippen LogP contribution is 2.34. The zero-order chi connectivity index (χ0) is 20.8. The van der Waals surface area contributed by atoms with Gasteiger partial charge in [0.25, 0.3) is 0 Å². The van der Waals surface area contributed by atoms with Gasteiger partial charge in [-0.25, -0.2) is 4.98 Å². The van der Waals surface area contributed by atoms with Crippen LogP contribution in [0.2, 0.25) is 0 Å². The number of aromatic nitrogens is 1. The van der Waals surface area contributed by atoms with Gasteiger partial charge in [-0.1, -0.05) is 36.5 Å². The minimum Gasteiger partial charge on any atom is -0.308 e. The molecule has 8 heteroatoms. The van der Waals surface area contributed by atoms with Gasteiger partial charge in [0.05, 0.1) is 16.6 Å². The number of likely N-dealkylation sites (N-methyl/N-ethyl adjacent to an activating group) is 1. The van der Waals surface area contributed by atoms with Gasteiger partial charge in [-0.05, 0) is 55.9 Å². The van der Waals surface area contributed by atoms with E-state index in [1.165, 1.54) is 4.90 Å². The molecule has 0 aliphatic carbocycles. The number of anilines is 1. The number of hydrogen-bond donors (Lipinski definition) is 0. The molecule has 0 unspecified atom stereocenters. The van der Waals surface area contributed by atoms with Crippen LogP contribution in [0.3, 0.4) is 0 Å². The van der Waals surface area contributed by atoms with Crippen molar-refractivity contribution in [1.82, 2.24) is 9.88 Å². The first-order valence-electron chi connectivity index (χ1n) is 9.62. The van der Waals surface area contributed by atoms with E-state index >= 15 is 0 Å². The van der Waals surface area contributed by atoms with Gasteiger partial charge in [-0.15, -0.1) is 35.9 Å². The van der Waals surface area contributed by atoms with Crippen LogP contribution in [0, 0.1) is 0 Å². The smallest absolute Gasteiger partial charge is 0.233 e. The molecule has 162 valence electrons. The zero-order valence-electron chi connectivity index (χ0n) is 17.8. The predicted octanol–water partition coefficient (Wildman–Crippen LogP) is 5.69. The molecule has 3 rings (SSSR count). The number of nitrogens with zero attached hydrogens (tertiary/aromatic N) is 3. The van der Waals surface area contributed by atoms with E-state index in [1.807, 2.05) is 30.8 Å². The lowest BCUT2D eigenvalue weighted by molar-refractivity contribution is -0.118. The molecular formula is C22H28ClN3OS3. The predicted molar refractivity (Wildman–Crippen MR) is 136 cm³/mol. The second-order valence-electron chi connectivity index (χ2n) is 6.91. The third-order valence-electron chi connectivity index (χ3n) is 4.48. The summed E-state index contributed by atoms with van der Waals surface area (Å²) < 4.78 is 1.12. The Morgan fingerprint density at radius 3 is 2.47 bits per heavy atom. The van der Waals surface area contributed by atoms with E-state index in [-0.39, 0.29) is 18.3 Å². The zero-order valence-corrected chi connectivity index (χ0v) is 21.0. The van der Waals surface area contributed by atoms with E-state index in [0.717, 1.165) is 38.1 Å². The Kier molecular flexibility index (Phi) is 9.97. The van der Waals surface area contributed by atoms with Gasteiger partial charge in [-0.3, -0.25) is 9.69 Å². The van der Waals surface area contributed by atoms with Crippen molar-refractivity contribution in [2.75, 3.05) is 44.1 Å². The number of thioether (sulfide) groups is 2. The fourth-order valence-corrected chi connectivity index (χ4v) is 5.28. The van der Waals surface area contributed by atoms with Gasteiger partial charge in [0, 0.05) is 22.9 Å². The lowest BCUT2D eigenvalue weighted by Crippen LogP contribution is -2.37. The Labute approximate surface area is 197 Å². The normalized spacial score (nSPS) is 11.0. The van der Waals surface area contributed by atoms with Crippen LogP contribution in [0.25, 0.3) is 10.2 Å². The Bertz CT molecular complexity index is 960. The number of amides is 1. The van der Waals surface area contributed by atoms with E-state index in [2.05, 4.69) is 60.5 Å². The van der Waals surface area contributed by atoms with Crippen LogP contribution in [-0.4, -0.2) is 55.0 Å². The maximum Gasteiger partial charge on any atom is 0.233 e. The molecule has 0 N–H and O–H groups in total. The molecule has 2 aromatic carbocycles. The summed E-state index contributed by atoms with van der Waals surface area (Å²) in [7, 11) is 4.05. The second-order valence-corrected chi connectivity index (χ2v) is 10.1. The topological polar surface area (TPSA) is 36.4 Å². The van der Waals surface area contributed by atoms with Crippen LogP contribution in [0.15, 0.2) is 52.3 Å². The average Bonchev–Trinajstić information content (AvgIpc) is 3.13. The van der Waals surface area contributed by atoms with Gasteiger partial charge in [0.1, 0.15) is 0 Å². The van der Waals surface area contributed by atoms with E-state index in [4.69, 9.17) is 4.98 Å². The van der Waals surface area contributed by atoms with Crippen molar-refractivity contribution in [2.45, 2.75) is 23.1 Å². The Morgan fingerprint density at radius 2 is 1.83 bits per heavy atom. The first kappa shape index (κ1) is 25.0. The number of benzene rings is 2. The van der Waals surface area contributed by atoms with Crippen molar-refractivity contribution in [3.63, 3.8) is 0 Å². The van der Waals surface area contributed by atoms with Gasteiger partial charge >= 0.3 is 0 Å². The van der Waals surface area contributed by atoms with Crippen molar-refractivity contribution < 1.29 is 4.79 Å². The number of carbonyl (C=O) groups is 1. The summed E-state index contributed by atoms with van der Waals surface area (Å²) in [5.41, 5.74) is 2.03. The first-order valence-corrected chi connectivity index (χ1v) is 12.6. The number of para-hydroxylation sites is 1. The summed E-state index contributed by atoms with van der Waals surface area (Å²) in [5.74, 6) is 1.14. The Morgan fingerprint density at radius 1 is 1.10 bits per heavy atom. The number of hydrogen-bond acceptors (Lipinski definition) is 6. The maximum atomic E-state index is 13.2. The van der Waals surface area contributed by atoms with Gasteiger partial charge in [0.15, 0.2) is 5.13 Å². The van der Waals surface area contributed by atoms with Crippen molar-refractivity contribution in [2.24, 2.45) is 0 Å². The van der Waals surface area contributed by atoms with Crippen LogP contribution in [0.4, 0.5) is 5.13 Å². The SMILES string of the molecule is CCSc1ccc(CC(=O)N(CCN(C)C)c2nc3c(SC)cccc3s2)cc1.Cl. The molecule has 1 aromatic heterocycles. The number of thiazole rings is 1. The van der Waals surface area contributed by atoms with E-state index in [9.17, 15) is 4.79 Å². The minimum absolute atomic E-state index is 0. The molecule has 3 aromatic rings. The van der Waals surface area contributed by atoms with Crippen molar-refractivity contribution >= 4 is 68.5 Å². The molecule has 0 radical (unpaired) electrons. The van der Waals surface area contributed by atoms with Crippen molar-refractivity contribution in [3.05, 3.63) is 48.0 Å².